The molecule has 2 rings (SSSR count). The van der Waals surface area contributed by atoms with Crippen molar-refractivity contribution in [3.8, 4) is 0 Å². The molecule has 6 nitrogen and oxygen atoms in total. The molecule has 1 aliphatic carbocycles. The van der Waals surface area contributed by atoms with Crippen LogP contribution in [0.15, 0.2) is 16.3 Å². The molecule has 1 aliphatic rings. The summed E-state index contributed by atoms with van der Waals surface area (Å²) in [6.45, 7) is 0.277. The molecule has 3 N–H and O–H groups in total. The van der Waals surface area contributed by atoms with Crippen molar-refractivity contribution in [1.29, 1.82) is 0 Å². The molecule has 0 saturated heterocycles. The Morgan fingerprint density at radius 3 is 2.75 bits per heavy atom. The van der Waals surface area contributed by atoms with Gasteiger partial charge in [0.15, 0.2) is 0 Å². The Morgan fingerprint density at radius 2 is 2.15 bits per heavy atom. The van der Waals surface area contributed by atoms with E-state index in [4.69, 9.17) is 5.11 Å². The number of carbonyl (C=O) groups is 1. The van der Waals surface area contributed by atoms with Gasteiger partial charge in [-0.1, -0.05) is 6.42 Å². The second-order valence-corrected chi connectivity index (χ2v) is 8.04. The lowest BCUT2D eigenvalue weighted by molar-refractivity contribution is 0.0702. The third kappa shape index (κ3) is 3.78. The highest BCUT2D eigenvalue weighted by Crippen LogP contribution is 2.25. The molecule has 1 aromatic rings. The van der Waals surface area contributed by atoms with Crippen LogP contribution in [0.5, 0.6) is 0 Å². The highest BCUT2D eigenvalue weighted by atomic mass is 32.2. The van der Waals surface area contributed by atoms with Crippen LogP contribution in [-0.2, 0) is 10.0 Å². The zero-order chi connectivity index (χ0) is 14.8. The van der Waals surface area contributed by atoms with Crippen LogP contribution in [0, 0.1) is 5.92 Å². The number of aliphatic hydroxyl groups excluding tert-OH is 1. The summed E-state index contributed by atoms with van der Waals surface area (Å²) in [7, 11) is -3.67. The standard InChI is InChI=1S/C12H17NO5S2/c14-9-3-1-2-8(6-9)7-13-20(17,18)11-5-4-10(19-11)12(15)16/h4-5,8-9,13-14H,1-3,6-7H2,(H,15,16). The molecule has 0 aromatic carbocycles. The van der Waals surface area contributed by atoms with Crippen molar-refractivity contribution in [2.24, 2.45) is 5.92 Å². The first-order chi connectivity index (χ1) is 9.38. The second-order valence-electron chi connectivity index (χ2n) is 4.96. The normalized spacial score (nSPS) is 23.6. The zero-order valence-electron chi connectivity index (χ0n) is 10.8. The quantitative estimate of drug-likeness (QED) is 0.758. The Labute approximate surface area is 121 Å². The smallest absolute Gasteiger partial charge is 0.345 e. The minimum atomic E-state index is -3.67. The van der Waals surface area contributed by atoms with E-state index in [0.717, 1.165) is 30.6 Å². The number of aromatic carboxylic acids is 1. The summed E-state index contributed by atoms with van der Waals surface area (Å²) >= 11 is 0.736. The highest BCUT2D eigenvalue weighted by molar-refractivity contribution is 7.91. The number of rotatable bonds is 5. The van der Waals surface area contributed by atoms with E-state index in [-0.39, 0.29) is 27.7 Å². The number of aliphatic hydroxyl groups is 1. The van der Waals surface area contributed by atoms with Crippen molar-refractivity contribution in [2.45, 2.75) is 36.0 Å². The van der Waals surface area contributed by atoms with Crippen molar-refractivity contribution >= 4 is 27.3 Å². The van der Waals surface area contributed by atoms with Crippen LogP contribution in [0.3, 0.4) is 0 Å². The summed E-state index contributed by atoms with van der Waals surface area (Å²) in [6, 6.07) is 2.58. The minimum Gasteiger partial charge on any atom is -0.477 e. The third-order valence-corrected chi connectivity index (χ3v) is 6.36. The van der Waals surface area contributed by atoms with E-state index in [0.29, 0.717) is 6.42 Å². The second kappa shape index (κ2) is 6.21. The maximum Gasteiger partial charge on any atom is 0.345 e. The monoisotopic (exact) mass is 319 g/mol. The predicted molar refractivity (Wildman–Crippen MR) is 74.4 cm³/mol. The number of carboxylic acids is 1. The number of sulfonamides is 1. The molecule has 0 amide bonds. The average molecular weight is 319 g/mol. The Hall–Kier alpha value is -0.960. The van der Waals surface area contributed by atoms with Gasteiger partial charge in [0.2, 0.25) is 10.0 Å². The SMILES string of the molecule is O=C(O)c1ccc(S(=O)(=O)NCC2CCCC(O)C2)s1. The molecule has 1 aromatic heterocycles. The minimum absolute atomic E-state index is 0.00142. The molecule has 0 aliphatic heterocycles. The van der Waals surface area contributed by atoms with Crippen LogP contribution in [0.2, 0.25) is 0 Å². The van der Waals surface area contributed by atoms with Gasteiger partial charge in [-0.15, -0.1) is 11.3 Å². The van der Waals surface area contributed by atoms with Gasteiger partial charge in [0.05, 0.1) is 6.10 Å². The summed E-state index contributed by atoms with van der Waals surface area (Å²) in [5.74, 6) is -1.00. The van der Waals surface area contributed by atoms with Crippen molar-refractivity contribution in [1.82, 2.24) is 4.72 Å². The Kier molecular flexibility index (Phi) is 4.79. The van der Waals surface area contributed by atoms with Gasteiger partial charge in [0.25, 0.3) is 0 Å². The van der Waals surface area contributed by atoms with Crippen LogP contribution in [-0.4, -0.2) is 37.2 Å². The first kappa shape index (κ1) is 15.4. The Balaban J connectivity index is 1.98. The topological polar surface area (TPSA) is 104 Å². The molecular weight excluding hydrogens is 302 g/mol. The first-order valence-corrected chi connectivity index (χ1v) is 8.69. The fourth-order valence-corrected chi connectivity index (χ4v) is 4.63. The van der Waals surface area contributed by atoms with Crippen molar-refractivity contribution < 1.29 is 23.4 Å². The molecule has 0 bridgehead atoms. The number of hydrogen-bond acceptors (Lipinski definition) is 5. The van der Waals surface area contributed by atoms with Crippen molar-refractivity contribution in [3.05, 3.63) is 17.0 Å². The molecule has 1 fully saturated rings. The van der Waals surface area contributed by atoms with Gasteiger partial charge in [-0.2, -0.15) is 0 Å². The molecular formula is C12H17NO5S2. The van der Waals surface area contributed by atoms with E-state index >= 15 is 0 Å². The van der Waals surface area contributed by atoms with Gasteiger partial charge in [-0.05, 0) is 37.3 Å². The predicted octanol–water partition coefficient (Wildman–Crippen LogP) is 1.28. The van der Waals surface area contributed by atoms with E-state index in [9.17, 15) is 18.3 Å². The summed E-state index contributed by atoms with van der Waals surface area (Å²) < 4.78 is 26.6. The molecule has 2 atom stereocenters. The lowest BCUT2D eigenvalue weighted by atomic mass is 9.87. The number of nitrogens with one attached hydrogen (secondary N) is 1. The van der Waals surface area contributed by atoms with Crippen LogP contribution in [0.4, 0.5) is 0 Å². The van der Waals surface area contributed by atoms with E-state index in [2.05, 4.69) is 4.72 Å². The number of thiophene rings is 1. The molecule has 2 unspecified atom stereocenters. The molecule has 8 heteroatoms. The van der Waals surface area contributed by atoms with E-state index in [1.165, 1.54) is 12.1 Å². The summed E-state index contributed by atoms with van der Waals surface area (Å²) in [6.07, 6.45) is 2.82. The van der Waals surface area contributed by atoms with E-state index < -0.39 is 16.0 Å². The zero-order valence-corrected chi connectivity index (χ0v) is 12.4. The van der Waals surface area contributed by atoms with Gasteiger partial charge in [-0.25, -0.2) is 17.9 Å². The molecule has 112 valence electrons. The van der Waals surface area contributed by atoms with E-state index in [1.54, 1.807) is 0 Å². The Morgan fingerprint density at radius 1 is 1.40 bits per heavy atom. The van der Waals surface area contributed by atoms with Crippen LogP contribution in [0.1, 0.15) is 35.4 Å². The first-order valence-electron chi connectivity index (χ1n) is 6.39. The number of hydrogen-bond donors (Lipinski definition) is 3. The lowest BCUT2D eigenvalue weighted by Gasteiger charge is -2.25. The summed E-state index contributed by atoms with van der Waals surface area (Å²) in [5.41, 5.74) is 0. The molecule has 1 saturated carbocycles. The third-order valence-electron chi connectivity index (χ3n) is 3.37. The van der Waals surface area contributed by atoms with Crippen molar-refractivity contribution in [2.75, 3.05) is 6.54 Å². The molecule has 1 heterocycles. The molecule has 20 heavy (non-hydrogen) atoms. The van der Waals surface area contributed by atoms with Crippen LogP contribution in [0.25, 0.3) is 0 Å². The van der Waals surface area contributed by atoms with Gasteiger partial charge < -0.3 is 10.2 Å². The largest absolute Gasteiger partial charge is 0.477 e. The fourth-order valence-electron chi connectivity index (χ4n) is 2.33. The van der Waals surface area contributed by atoms with Gasteiger partial charge in [0, 0.05) is 6.54 Å². The fraction of sp³-hybridized carbons (Fsp3) is 0.583. The van der Waals surface area contributed by atoms with Gasteiger partial charge in [-0.3, -0.25) is 0 Å². The van der Waals surface area contributed by atoms with E-state index in [1.807, 2.05) is 0 Å². The maximum atomic E-state index is 12.0. The van der Waals surface area contributed by atoms with Gasteiger partial charge in [0.1, 0.15) is 9.09 Å². The van der Waals surface area contributed by atoms with Crippen LogP contribution >= 0.6 is 11.3 Å². The summed E-state index contributed by atoms with van der Waals surface area (Å²) in [5, 5.41) is 18.3. The lowest BCUT2D eigenvalue weighted by Crippen LogP contribution is -2.32. The summed E-state index contributed by atoms with van der Waals surface area (Å²) in [4.78, 5) is 10.7. The van der Waals surface area contributed by atoms with Crippen molar-refractivity contribution in [3.63, 3.8) is 0 Å². The molecule has 0 radical (unpaired) electrons. The highest BCUT2D eigenvalue weighted by Gasteiger charge is 2.24. The maximum absolute atomic E-state index is 12.0. The Bertz CT molecular complexity index is 580. The van der Waals surface area contributed by atoms with Crippen LogP contribution < -0.4 is 4.72 Å². The van der Waals surface area contributed by atoms with Gasteiger partial charge >= 0.3 is 5.97 Å². The average Bonchev–Trinajstić information content (AvgIpc) is 2.87. The molecule has 0 spiro atoms. The number of carboxylic acid groups (broad SMARTS) is 1.